The quantitative estimate of drug-likeness (QED) is 0.799. The van der Waals surface area contributed by atoms with Crippen LogP contribution in [-0.4, -0.2) is 49.6 Å². The third-order valence-corrected chi connectivity index (χ3v) is 5.33. The zero-order valence-electron chi connectivity index (χ0n) is 16.3. The van der Waals surface area contributed by atoms with Crippen molar-refractivity contribution in [1.82, 2.24) is 10.2 Å². The van der Waals surface area contributed by atoms with Crippen molar-refractivity contribution in [3.8, 4) is 5.75 Å². The van der Waals surface area contributed by atoms with E-state index < -0.39 is 35.4 Å². The molecule has 2 heterocycles. The lowest BCUT2D eigenvalue weighted by Crippen LogP contribution is -2.46. The summed E-state index contributed by atoms with van der Waals surface area (Å²) >= 11 is 0. The summed E-state index contributed by atoms with van der Waals surface area (Å²) in [6, 6.07) is 6.29. The van der Waals surface area contributed by atoms with Crippen LogP contribution in [-0.2, 0) is 0 Å². The Morgan fingerprint density at radius 2 is 1.87 bits per heavy atom. The molecular weight excluding hydrogens is 397 g/mol. The zero-order chi connectivity index (χ0) is 21.3. The molecular formula is C21H21F3N4O2. The van der Waals surface area contributed by atoms with Gasteiger partial charge in [-0.2, -0.15) is 0 Å². The van der Waals surface area contributed by atoms with Gasteiger partial charge in [0.2, 0.25) is 0 Å². The zero-order valence-corrected chi connectivity index (χ0v) is 16.3. The number of aliphatic imine (C=N–C) groups is 1. The van der Waals surface area contributed by atoms with Crippen molar-refractivity contribution in [2.75, 3.05) is 32.1 Å². The van der Waals surface area contributed by atoms with E-state index in [-0.39, 0.29) is 11.3 Å². The lowest BCUT2D eigenvalue weighted by Gasteiger charge is -2.25. The van der Waals surface area contributed by atoms with Gasteiger partial charge in [0.25, 0.3) is 0 Å². The summed E-state index contributed by atoms with van der Waals surface area (Å²) in [5.74, 6) is -1.86. The molecule has 2 aromatic rings. The van der Waals surface area contributed by atoms with Gasteiger partial charge < -0.3 is 20.3 Å². The van der Waals surface area contributed by atoms with E-state index in [1.54, 1.807) is 0 Å². The molecule has 1 saturated heterocycles. The van der Waals surface area contributed by atoms with Crippen LogP contribution in [0.25, 0.3) is 0 Å². The van der Waals surface area contributed by atoms with Crippen LogP contribution in [0.4, 0.5) is 23.7 Å². The Balaban J connectivity index is 1.61. The SMILES string of the molecule is COc1cc(F)c([C@@H]2CN3CCCN=C3[C@H]2NC(=O)Nc2ccc(F)cc2)c(F)c1. The second-order valence-corrected chi connectivity index (χ2v) is 7.23. The Hall–Kier alpha value is -3.23. The molecule has 158 valence electrons. The summed E-state index contributed by atoms with van der Waals surface area (Å²) in [6.45, 7) is 1.62. The van der Waals surface area contributed by atoms with Gasteiger partial charge in [0.1, 0.15) is 29.0 Å². The van der Waals surface area contributed by atoms with E-state index in [1.807, 2.05) is 4.90 Å². The van der Waals surface area contributed by atoms with Crippen molar-refractivity contribution in [2.45, 2.75) is 18.4 Å². The van der Waals surface area contributed by atoms with Crippen LogP contribution in [0.5, 0.6) is 5.75 Å². The Morgan fingerprint density at radius 3 is 2.53 bits per heavy atom. The van der Waals surface area contributed by atoms with Crippen molar-refractivity contribution in [1.29, 1.82) is 0 Å². The minimum absolute atomic E-state index is 0.0837. The highest BCUT2D eigenvalue weighted by atomic mass is 19.1. The molecule has 0 bridgehead atoms. The van der Waals surface area contributed by atoms with Gasteiger partial charge in [-0.05, 0) is 30.7 Å². The maximum Gasteiger partial charge on any atom is 0.319 e. The second kappa shape index (κ2) is 8.25. The monoisotopic (exact) mass is 418 g/mol. The molecule has 4 rings (SSSR count). The van der Waals surface area contributed by atoms with Gasteiger partial charge in [-0.25, -0.2) is 18.0 Å². The summed E-state index contributed by atoms with van der Waals surface area (Å²) in [4.78, 5) is 19.0. The first kappa shape index (κ1) is 20.1. The Morgan fingerprint density at radius 1 is 1.17 bits per heavy atom. The van der Waals surface area contributed by atoms with Gasteiger partial charge in [0.15, 0.2) is 0 Å². The number of amides is 2. The number of rotatable bonds is 4. The van der Waals surface area contributed by atoms with Crippen LogP contribution < -0.4 is 15.4 Å². The number of methoxy groups -OCH3 is 1. The third kappa shape index (κ3) is 3.92. The lowest BCUT2D eigenvalue weighted by atomic mass is 9.92. The van der Waals surface area contributed by atoms with Crippen LogP contribution in [0.1, 0.15) is 17.9 Å². The molecule has 0 aromatic heterocycles. The fourth-order valence-electron chi connectivity index (χ4n) is 3.97. The third-order valence-electron chi connectivity index (χ3n) is 5.33. The number of ether oxygens (including phenoxy) is 1. The standard InChI is InChI=1S/C21H21F3N4O2/c1-30-14-9-16(23)18(17(24)10-14)15-11-28-8-2-7-25-20(28)19(15)27-21(29)26-13-5-3-12(22)4-6-13/h3-6,9-10,15,19H,2,7-8,11H2,1H3,(H2,26,27,29)/t15-,19-/m0/s1. The van der Waals surface area contributed by atoms with Gasteiger partial charge >= 0.3 is 6.03 Å². The summed E-state index contributed by atoms with van der Waals surface area (Å²) in [5.41, 5.74) is 0.285. The number of carbonyl (C=O) groups is 1. The molecule has 2 amide bonds. The van der Waals surface area contributed by atoms with Crippen molar-refractivity contribution in [3.63, 3.8) is 0 Å². The number of hydrogen-bond donors (Lipinski definition) is 2. The molecule has 9 heteroatoms. The highest BCUT2D eigenvalue weighted by Crippen LogP contribution is 2.35. The molecule has 2 aromatic carbocycles. The first-order valence-corrected chi connectivity index (χ1v) is 9.61. The molecule has 0 spiro atoms. The van der Waals surface area contributed by atoms with Gasteiger partial charge in [0.05, 0.1) is 13.2 Å². The number of amidine groups is 1. The van der Waals surface area contributed by atoms with Crippen molar-refractivity contribution >= 4 is 17.6 Å². The first-order valence-electron chi connectivity index (χ1n) is 9.61. The number of nitrogens with zero attached hydrogens (tertiary/aromatic N) is 2. The smallest absolute Gasteiger partial charge is 0.319 e. The fourth-order valence-corrected chi connectivity index (χ4v) is 3.97. The summed E-state index contributed by atoms with van der Waals surface area (Å²) in [5, 5.41) is 5.41. The predicted molar refractivity (Wildman–Crippen MR) is 106 cm³/mol. The average molecular weight is 418 g/mol. The average Bonchev–Trinajstić information content (AvgIpc) is 3.07. The van der Waals surface area contributed by atoms with Crippen molar-refractivity contribution in [2.24, 2.45) is 4.99 Å². The number of halogens is 3. The predicted octanol–water partition coefficient (Wildman–Crippen LogP) is 3.50. The van der Waals surface area contributed by atoms with E-state index in [1.165, 1.54) is 31.4 Å². The minimum Gasteiger partial charge on any atom is -0.497 e. The number of nitrogens with one attached hydrogen (secondary N) is 2. The normalized spacial score (nSPS) is 20.4. The molecule has 0 saturated carbocycles. The highest BCUT2D eigenvalue weighted by molar-refractivity contribution is 5.97. The molecule has 2 aliphatic heterocycles. The molecule has 30 heavy (non-hydrogen) atoms. The van der Waals surface area contributed by atoms with Crippen LogP contribution in [0, 0.1) is 17.5 Å². The van der Waals surface area contributed by atoms with Gasteiger partial charge in [-0.1, -0.05) is 0 Å². The lowest BCUT2D eigenvalue weighted by molar-refractivity contribution is 0.250. The van der Waals surface area contributed by atoms with E-state index in [0.29, 0.717) is 31.2 Å². The molecule has 2 N–H and O–H groups in total. The molecule has 2 aliphatic rings. The van der Waals surface area contributed by atoms with Crippen LogP contribution in [0.3, 0.4) is 0 Å². The summed E-state index contributed by atoms with van der Waals surface area (Å²) in [7, 11) is 1.34. The highest BCUT2D eigenvalue weighted by Gasteiger charge is 2.43. The minimum atomic E-state index is -0.733. The number of hydrogen-bond acceptors (Lipinski definition) is 4. The number of anilines is 1. The summed E-state index contributed by atoms with van der Waals surface area (Å²) < 4.78 is 47.6. The van der Waals surface area contributed by atoms with Crippen LogP contribution in [0.15, 0.2) is 41.4 Å². The van der Waals surface area contributed by atoms with E-state index in [0.717, 1.165) is 18.6 Å². The number of benzene rings is 2. The van der Waals surface area contributed by atoms with Crippen LogP contribution in [0.2, 0.25) is 0 Å². The van der Waals surface area contributed by atoms with Crippen LogP contribution >= 0.6 is 0 Å². The number of fused-ring (bicyclic) bond motifs is 1. The second-order valence-electron chi connectivity index (χ2n) is 7.23. The molecule has 0 radical (unpaired) electrons. The Bertz CT molecular complexity index is 958. The molecule has 6 nitrogen and oxygen atoms in total. The van der Waals surface area contributed by atoms with Gasteiger partial charge in [-0.3, -0.25) is 4.99 Å². The number of carbonyl (C=O) groups excluding carboxylic acids is 1. The van der Waals surface area contributed by atoms with E-state index in [2.05, 4.69) is 15.6 Å². The van der Waals surface area contributed by atoms with Gasteiger partial charge in [-0.15, -0.1) is 0 Å². The topological polar surface area (TPSA) is 66.0 Å². The molecule has 1 fully saturated rings. The maximum absolute atomic E-state index is 14.8. The molecule has 2 atom stereocenters. The molecule has 0 aliphatic carbocycles. The van der Waals surface area contributed by atoms with Crippen molar-refractivity contribution < 1.29 is 22.7 Å². The molecule has 0 unspecified atom stereocenters. The largest absolute Gasteiger partial charge is 0.497 e. The maximum atomic E-state index is 14.8. The van der Waals surface area contributed by atoms with E-state index in [9.17, 15) is 18.0 Å². The van der Waals surface area contributed by atoms with Crippen molar-refractivity contribution in [3.05, 3.63) is 59.4 Å². The fraction of sp³-hybridized carbons (Fsp3) is 0.333. The summed E-state index contributed by atoms with van der Waals surface area (Å²) in [6.07, 6.45) is 0.832. The van der Waals surface area contributed by atoms with E-state index >= 15 is 0 Å². The van der Waals surface area contributed by atoms with Gasteiger partial charge in [0, 0.05) is 48.9 Å². The Labute approximate surface area is 171 Å². The first-order chi connectivity index (χ1) is 14.5. The number of urea groups is 1. The Kier molecular flexibility index (Phi) is 5.52. The van der Waals surface area contributed by atoms with E-state index in [4.69, 9.17) is 4.74 Å².